The summed E-state index contributed by atoms with van der Waals surface area (Å²) in [5.74, 6) is 6.60. The third-order valence-electron chi connectivity index (χ3n) is 3.42. The first-order valence-electron chi connectivity index (χ1n) is 7.45. The maximum Gasteiger partial charge on any atom is 0.114 e. The van der Waals surface area contributed by atoms with E-state index in [-0.39, 0.29) is 6.04 Å². The molecular weight excluding hydrogens is 346 g/mol. The number of rotatable bonds is 3. The first-order chi connectivity index (χ1) is 11.3. The third kappa shape index (κ3) is 4.48. The van der Waals surface area contributed by atoms with Gasteiger partial charge in [0, 0.05) is 15.7 Å². The molecule has 0 amide bonds. The van der Waals surface area contributed by atoms with Gasteiger partial charge in [0.15, 0.2) is 0 Å². The van der Waals surface area contributed by atoms with Crippen LogP contribution in [0.2, 0.25) is 0 Å². The first-order valence-corrected chi connectivity index (χ1v) is 8.24. The average Bonchev–Trinajstić information content (AvgIpc) is 2.61. The third-order valence-corrected chi connectivity index (χ3v) is 3.95. The average molecular weight is 362 g/mol. The molecule has 0 spiro atoms. The quantitative estimate of drug-likeness (QED) is 0.594. The van der Waals surface area contributed by atoms with Crippen molar-refractivity contribution in [1.29, 1.82) is 0 Å². The second-order valence-corrected chi connectivity index (χ2v) is 6.05. The molecule has 1 N–H and O–H groups in total. The molecule has 1 atom stereocenters. The predicted molar refractivity (Wildman–Crippen MR) is 100 cm³/mol. The first kappa shape index (κ1) is 15.4. The minimum absolute atomic E-state index is 0.0642. The Balaban J connectivity index is 1.90. The fraction of sp³-hybridized carbons (Fsp3) is 0.0476. The lowest BCUT2D eigenvalue weighted by atomic mass is 10.1. The number of nitrogens with one attached hydrogen (secondary N) is 1. The van der Waals surface area contributed by atoms with E-state index < -0.39 is 0 Å². The second-order valence-electron chi connectivity index (χ2n) is 5.13. The van der Waals surface area contributed by atoms with Gasteiger partial charge in [-0.05, 0) is 42.0 Å². The van der Waals surface area contributed by atoms with E-state index in [2.05, 4.69) is 57.4 Å². The molecule has 0 aliphatic carbocycles. The van der Waals surface area contributed by atoms with E-state index in [9.17, 15) is 0 Å². The van der Waals surface area contributed by atoms with Gasteiger partial charge in [-0.3, -0.25) is 0 Å². The molecule has 0 saturated carbocycles. The van der Waals surface area contributed by atoms with Crippen molar-refractivity contribution in [3.05, 3.63) is 101 Å². The minimum Gasteiger partial charge on any atom is -0.368 e. The largest absolute Gasteiger partial charge is 0.368 e. The van der Waals surface area contributed by atoms with E-state index >= 15 is 0 Å². The summed E-state index contributed by atoms with van der Waals surface area (Å²) in [7, 11) is 0. The van der Waals surface area contributed by atoms with Crippen molar-refractivity contribution in [2.75, 3.05) is 5.32 Å². The Labute approximate surface area is 145 Å². The molecule has 1 unspecified atom stereocenters. The molecule has 3 rings (SSSR count). The van der Waals surface area contributed by atoms with Crippen molar-refractivity contribution in [2.45, 2.75) is 6.04 Å². The molecule has 0 aliphatic rings. The van der Waals surface area contributed by atoms with Crippen LogP contribution in [-0.4, -0.2) is 0 Å². The van der Waals surface area contributed by atoms with Gasteiger partial charge in [-0.1, -0.05) is 76.3 Å². The lowest BCUT2D eigenvalue weighted by molar-refractivity contribution is 1.02. The lowest BCUT2D eigenvalue weighted by Crippen LogP contribution is -2.08. The maximum absolute atomic E-state index is 3.50. The molecule has 0 fully saturated rings. The summed E-state index contributed by atoms with van der Waals surface area (Å²) in [6, 6.07) is 28.4. The summed E-state index contributed by atoms with van der Waals surface area (Å²) < 4.78 is 1.07. The monoisotopic (exact) mass is 361 g/mol. The van der Waals surface area contributed by atoms with Crippen molar-refractivity contribution < 1.29 is 0 Å². The van der Waals surface area contributed by atoms with Crippen LogP contribution in [0.3, 0.4) is 0 Å². The molecule has 23 heavy (non-hydrogen) atoms. The van der Waals surface area contributed by atoms with Crippen LogP contribution in [0, 0.1) is 11.8 Å². The summed E-state index contributed by atoms with van der Waals surface area (Å²) in [6.07, 6.45) is 0. The molecule has 112 valence electrons. The van der Waals surface area contributed by atoms with Crippen molar-refractivity contribution in [3.63, 3.8) is 0 Å². The SMILES string of the molecule is Brc1ccc(C(C#Cc2ccccc2)Nc2ccccc2)cc1. The summed E-state index contributed by atoms with van der Waals surface area (Å²) >= 11 is 3.48. The fourth-order valence-electron chi connectivity index (χ4n) is 2.24. The van der Waals surface area contributed by atoms with Gasteiger partial charge in [0.2, 0.25) is 0 Å². The maximum atomic E-state index is 3.50. The normalized spacial score (nSPS) is 11.2. The van der Waals surface area contributed by atoms with Crippen LogP contribution in [0.15, 0.2) is 89.4 Å². The highest BCUT2D eigenvalue weighted by atomic mass is 79.9. The topological polar surface area (TPSA) is 12.0 Å². The van der Waals surface area contributed by atoms with E-state index in [1.165, 1.54) is 0 Å². The van der Waals surface area contributed by atoms with Crippen molar-refractivity contribution in [1.82, 2.24) is 0 Å². The Morgan fingerprint density at radius 3 is 2.00 bits per heavy atom. The highest BCUT2D eigenvalue weighted by Crippen LogP contribution is 2.21. The molecule has 0 aliphatic heterocycles. The Kier molecular flexibility index (Phi) is 5.13. The van der Waals surface area contributed by atoms with Crippen LogP contribution in [0.5, 0.6) is 0 Å². The van der Waals surface area contributed by atoms with Crippen molar-refractivity contribution >= 4 is 21.6 Å². The molecule has 3 aromatic carbocycles. The van der Waals surface area contributed by atoms with Gasteiger partial charge >= 0.3 is 0 Å². The molecule has 0 radical (unpaired) electrons. The molecule has 3 aromatic rings. The molecule has 0 bridgehead atoms. The van der Waals surface area contributed by atoms with E-state index in [1.807, 2.05) is 60.7 Å². The second kappa shape index (κ2) is 7.67. The van der Waals surface area contributed by atoms with Gasteiger partial charge < -0.3 is 5.32 Å². The highest BCUT2D eigenvalue weighted by Gasteiger charge is 2.08. The zero-order valence-electron chi connectivity index (χ0n) is 12.5. The predicted octanol–water partition coefficient (Wildman–Crippen LogP) is 5.65. The van der Waals surface area contributed by atoms with E-state index in [0.717, 1.165) is 21.3 Å². The number of halogens is 1. The molecular formula is C21H16BrN. The highest BCUT2D eigenvalue weighted by molar-refractivity contribution is 9.10. The van der Waals surface area contributed by atoms with Gasteiger partial charge in [-0.25, -0.2) is 0 Å². The van der Waals surface area contributed by atoms with Crippen LogP contribution in [0.25, 0.3) is 0 Å². The molecule has 0 heterocycles. The zero-order valence-corrected chi connectivity index (χ0v) is 14.1. The zero-order chi connectivity index (χ0) is 15.9. The summed E-state index contributed by atoms with van der Waals surface area (Å²) in [5, 5.41) is 3.50. The van der Waals surface area contributed by atoms with Gasteiger partial charge in [0.1, 0.15) is 6.04 Å². The van der Waals surface area contributed by atoms with E-state index in [0.29, 0.717) is 0 Å². The summed E-state index contributed by atoms with van der Waals surface area (Å²) in [4.78, 5) is 0. The Morgan fingerprint density at radius 1 is 0.739 bits per heavy atom. The molecule has 0 saturated heterocycles. The van der Waals surface area contributed by atoms with E-state index in [4.69, 9.17) is 0 Å². The van der Waals surface area contributed by atoms with Gasteiger partial charge in [0.25, 0.3) is 0 Å². The van der Waals surface area contributed by atoms with Gasteiger partial charge in [-0.2, -0.15) is 0 Å². The number of anilines is 1. The number of benzene rings is 3. The lowest BCUT2D eigenvalue weighted by Gasteiger charge is -2.15. The van der Waals surface area contributed by atoms with Crippen LogP contribution < -0.4 is 5.32 Å². The minimum atomic E-state index is -0.0642. The smallest absolute Gasteiger partial charge is 0.114 e. The van der Waals surface area contributed by atoms with E-state index in [1.54, 1.807) is 0 Å². The number of para-hydroxylation sites is 1. The van der Waals surface area contributed by atoms with Gasteiger partial charge in [0.05, 0.1) is 0 Å². The molecule has 0 aromatic heterocycles. The van der Waals surface area contributed by atoms with Gasteiger partial charge in [-0.15, -0.1) is 0 Å². The van der Waals surface area contributed by atoms with Crippen LogP contribution in [-0.2, 0) is 0 Å². The van der Waals surface area contributed by atoms with Crippen molar-refractivity contribution in [2.24, 2.45) is 0 Å². The standard InChI is InChI=1S/C21H16BrN/c22-19-14-12-18(13-15-19)21(23-20-9-5-2-6-10-20)16-11-17-7-3-1-4-8-17/h1-10,12-15,21,23H. The summed E-state index contributed by atoms with van der Waals surface area (Å²) in [5.41, 5.74) is 3.22. The fourth-order valence-corrected chi connectivity index (χ4v) is 2.50. The molecule has 2 heteroatoms. The van der Waals surface area contributed by atoms with Crippen LogP contribution in [0.1, 0.15) is 17.2 Å². The molecule has 1 nitrogen and oxygen atoms in total. The Hall–Kier alpha value is -2.50. The van der Waals surface area contributed by atoms with Crippen molar-refractivity contribution in [3.8, 4) is 11.8 Å². The number of hydrogen-bond donors (Lipinski definition) is 1. The summed E-state index contributed by atoms with van der Waals surface area (Å²) in [6.45, 7) is 0. The number of hydrogen-bond acceptors (Lipinski definition) is 1. The Morgan fingerprint density at radius 2 is 1.35 bits per heavy atom. The van der Waals surface area contributed by atoms with Crippen LogP contribution >= 0.6 is 15.9 Å². The van der Waals surface area contributed by atoms with Crippen LogP contribution in [0.4, 0.5) is 5.69 Å². The Bertz CT molecular complexity index is 799.